The van der Waals surface area contributed by atoms with Gasteiger partial charge in [-0.05, 0) is 36.2 Å². The third-order valence-corrected chi connectivity index (χ3v) is 4.07. The fourth-order valence-corrected chi connectivity index (χ4v) is 2.98. The second kappa shape index (κ2) is 10.8. The van der Waals surface area contributed by atoms with Gasteiger partial charge in [0.1, 0.15) is 6.79 Å². The highest BCUT2D eigenvalue weighted by Gasteiger charge is 2.23. The molecule has 0 fully saturated rings. The predicted octanol–water partition coefficient (Wildman–Crippen LogP) is 4.25. The SMILES string of the molecule is CC(C)[C@@H](OCOCc1ccccc1)[C@@H](C)C[C@@H](C)CCO. The molecule has 3 heteroatoms. The van der Waals surface area contributed by atoms with Crippen molar-refractivity contribution in [3.63, 3.8) is 0 Å². The minimum absolute atomic E-state index is 0.192. The lowest BCUT2D eigenvalue weighted by molar-refractivity contribution is -0.126. The lowest BCUT2D eigenvalue weighted by Gasteiger charge is -2.29. The normalized spacial score (nSPS) is 15.7. The van der Waals surface area contributed by atoms with Crippen LogP contribution in [0.1, 0.15) is 46.1 Å². The van der Waals surface area contributed by atoms with Gasteiger partial charge in [-0.25, -0.2) is 0 Å². The van der Waals surface area contributed by atoms with E-state index in [4.69, 9.17) is 14.6 Å². The van der Waals surface area contributed by atoms with Crippen molar-refractivity contribution in [1.29, 1.82) is 0 Å². The van der Waals surface area contributed by atoms with Crippen LogP contribution < -0.4 is 0 Å². The van der Waals surface area contributed by atoms with E-state index in [9.17, 15) is 0 Å². The lowest BCUT2D eigenvalue weighted by Crippen LogP contribution is -2.30. The molecule has 0 saturated carbocycles. The Balaban J connectivity index is 2.34. The van der Waals surface area contributed by atoms with Gasteiger partial charge in [0.25, 0.3) is 0 Å². The summed E-state index contributed by atoms with van der Waals surface area (Å²) in [5.74, 6) is 1.44. The van der Waals surface area contributed by atoms with Crippen LogP contribution >= 0.6 is 0 Å². The van der Waals surface area contributed by atoms with E-state index in [1.807, 2.05) is 18.2 Å². The van der Waals surface area contributed by atoms with E-state index in [1.165, 1.54) is 0 Å². The molecule has 0 spiro atoms. The van der Waals surface area contributed by atoms with E-state index in [2.05, 4.69) is 39.8 Å². The summed E-state index contributed by atoms with van der Waals surface area (Å²) in [6.45, 7) is 9.98. The average Bonchev–Trinajstić information content (AvgIpc) is 2.47. The molecular weight excluding hydrogens is 276 g/mol. The Morgan fingerprint density at radius 2 is 1.73 bits per heavy atom. The van der Waals surface area contributed by atoms with Gasteiger partial charge in [0, 0.05) is 6.61 Å². The molecule has 3 atom stereocenters. The third-order valence-electron chi connectivity index (χ3n) is 4.07. The van der Waals surface area contributed by atoms with Crippen molar-refractivity contribution in [2.45, 2.75) is 53.2 Å². The fourth-order valence-electron chi connectivity index (χ4n) is 2.98. The molecule has 1 rings (SSSR count). The number of aliphatic hydroxyl groups is 1. The van der Waals surface area contributed by atoms with E-state index in [1.54, 1.807) is 0 Å². The summed E-state index contributed by atoms with van der Waals surface area (Å²) < 4.78 is 11.6. The summed E-state index contributed by atoms with van der Waals surface area (Å²) in [7, 11) is 0. The molecule has 1 aromatic rings. The Morgan fingerprint density at radius 1 is 1.05 bits per heavy atom. The quantitative estimate of drug-likeness (QED) is 0.491. The van der Waals surface area contributed by atoms with Crippen molar-refractivity contribution < 1.29 is 14.6 Å². The molecule has 0 aliphatic rings. The Labute approximate surface area is 135 Å². The summed E-state index contributed by atoms with van der Waals surface area (Å²) >= 11 is 0. The van der Waals surface area contributed by atoms with Gasteiger partial charge in [0.15, 0.2) is 0 Å². The molecular formula is C19H32O3. The highest BCUT2D eigenvalue weighted by atomic mass is 16.7. The monoisotopic (exact) mass is 308 g/mol. The largest absolute Gasteiger partial charge is 0.396 e. The van der Waals surface area contributed by atoms with Crippen LogP contribution in [0.3, 0.4) is 0 Å². The molecule has 126 valence electrons. The van der Waals surface area contributed by atoms with Crippen molar-refractivity contribution in [3.05, 3.63) is 35.9 Å². The first-order valence-corrected chi connectivity index (χ1v) is 8.38. The van der Waals surface area contributed by atoms with Gasteiger partial charge >= 0.3 is 0 Å². The predicted molar refractivity (Wildman–Crippen MR) is 90.5 cm³/mol. The smallest absolute Gasteiger partial charge is 0.147 e. The molecule has 0 aromatic heterocycles. The molecule has 0 aliphatic carbocycles. The van der Waals surface area contributed by atoms with Gasteiger partial charge in [0.2, 0.25) is 0 Å². The summed E-state index contributed by atoms with van der Waals surface area (Å²) in [5.41, 5.74) is 1.16. The molecule has 0 aliphatic heterocycles. The van der Waals surface area contributed by atoms with Crippen LogP contribution in [0.15, 0.2) is 30.3 Å². The van der Waals surface area contributed by atoms with Crippen LogP contribution in [0.2, 0.25) is 0 Å². The van der Waals surface area contributed by atoms with E-state index >= 15 is 0 Å². The maximum Gasteiger partial charge on any atom is 0.147 e. The van der Waals surface area contributed by atoms with Crippen LogP contribution in [-0.2, 0) is 16.1 Å². The molecule has 1 N–H and O–H groups in total. The number of hydrogen-bond acceptors (Lipinski definition) is 3. The first-order chi connectivity index (χ1) is 10.5. The zero-order valence-corrected chi connectivity index (χ0v) is 14.5. The van der Waals surface area contributed by atoms with Crippen LogP contribution in [0.25, 0.3) is 0 Å². The van der Waals surface area contributed by atoms with E-state index < -0.39 is 0 Å². The summed E-state index contributed by atoms with van der Waals surface area (Å²) in [5, 5.41) is 9.03. The molecule has 22 heavy (non-hydrogen) atoms. The second-order valence-corrected chi connectivity index (χ2v) is 6.66. The molecule has 0 bridgehead atoms. The number of hydrogen-bond donors (Lipinski definition) is 1. The topological polar surface area (TPSA) is 38.7 Å². The number of rotatable bonds is 11. The highest BCUT2D eigenvalue weighted by molar-refractivity contribution is 5.13. The minimum atomic E-state index is 0.192. The van der Waals surface area contributed by atoms with Crippen LogP contribution in [0, 0.1) is 17.8 Å². The average molecular weight is 308 g/mol. The minimum Gasteiger partial charge on any atom is -0.396 e. The molecule has 0 unspecified atom stereocenters. The number of ether oxygens (including phenoxy) is 2. The Kier molecular flexibility index (Phi) is 9.37. The fraction of sp³-hybridized carbons (Fsp3) is 0.684. The van der Waals surface area contributed by atoms with Gasteiger partial charge in [-0.3, -0.25) is 0 Å². The van der Waals surface area contributed by atoms with Crippen molar-refractivity contribution in [3.8, 4) is 0 Å². The first-order valence-electron chi connectivity index (χ1n) is 8.38. The highest BCUT2D eigenvalue weighted by Crippen LogP contribution is 2.24. The Hall–Kier alpha value is -0.900. The van der Waals surface area contributed by atoms with Crippen LogP contribution in [-0.4, -0.2) is 24.6 Å². The van der Waals surface area contributed by atoms with E-state index in [-0.39, 0.29) is 12.7 Å². The maximum atomic E-state index is 9.03. The zero-order valence-electron chi connectivity index (χ0n) is 14.5. The van der Waals surface area contributed by atoms with Crippen LogP contribution in [0.4, 0.5) is 0 Å². The third kappa shape index (κ3) is 7.39. The van der Waals surface area contributed by atoms with Gasteiger partial charge in [-0.1, -0.05) is 58.0 Å². The first kappa shape index (κ1) is 19.1. The standard InChI is InChI=1S/C19H32O3/c1-15(2)19(17(4)12-16(3)10-11-20)22-14-21-13-18-8-6-5-7-9-18/h5-9,15-17,19-20H,10-14H2,1-4H3/t16-,17-,19+/m0/s1. The summed E-state index contributed by atoms with van der Waals surface area (Å²) in [6, 6.07) is 10.1. The number of aliphatic hydroxyl groups excluding tert-OH is 1. The van der Waals surface area contributed by atoms with E-state index in [0.29, 0.717) is 31.2 Å². The zero-order chi connectivity index (χ0) is 16.4. The molecule has 0 amide bonds. The van der Waals surface area contributed by atoms with Crippen molar-refractivity contribution >= 4 is 0 Å². The Morgan fingerprint density at radius 3 is 2.32 bits per heavy atom. The van der Waals surface area contributed by atoms with Gasteiger partial charge in [-0.15, -0.1) is 0 Å². The van der Waals surface area contributed by atoms with Crippen molar-refractivity contribution in [2.24, 2.45) is 17.8 Å². The lowest BCUT2D eigenvalue weighted by atomic mass is 9.86. The Bertz CT molecular complexity index is 378. The molecule has 0 radical (unpaired) electrons. The van der Waals surface area contributed by atoms with Crippen LogP contribution in [0.5, 0.6) is 0 Å². The van der Waals surface area contributed by atoms with Gasteiger partial charge < -0.3 is 14.6 Å². The van der Waals surface area contributed by atoms with Gasteiger partial charge in [-0.2, -0.15) is 0 Å². The summed E-state index contributed by atoms with van der Waals surface area (Å²) in [4.78, 5) is 0. The molecule has 0 saturated heterocycles. The maximum absolute atomic E-state index is 9.03. The molecule has 0 heterocycles. The van der Waals surface area contributed by atoms with Gasteiger partial charge in [0.05, 0.1) is 12.7 Å². The van der Waals surface area contributed by atoms with Crippen molar-refractivity contribution in [1.82, 2.24) is 0 Å². The van der Waals surface area contributed by atoms with Crippen molar-refractivity contribution in [2.75, 3.05) is 13.4 Å². The molecule has 1 aromatic carbocycles. The molecule has 3 nitrogen and oxygen atoms in total. The number of benzene rings is 1. The summed E-state index contributed by atoms with van der Waals surface area (Å²) in [6.07, 6.45) is 2.12. The second-order valence-electron chi connectivity index (χ2n) is 6.66. The van der Waals surface area contributed by atoms with E-state index in [0.717, 1.165) is 18.4 Å².